The van der Waals surface area contributed by atoms with Gasteiger partial charge in [0.1, 0.15) is 6.33 Å². The third kappa shape index (κ3) is 3.17. The van der Waals surface area contributed by atoms with E-state index < -0.39 is 0 Å². The number of carbonyl (C=O) groups is 1. The molecule has 6 nitrogen and oxygen atoms in total. The van der Waals surface area contributed by atoms with E-state index in [0.717, 1.165) is 38.3 Å². The fraction of sp³-hybridized carbons (Fsp3) is 0.786. The molecule has 2 rings (SSSR count). The Balaban J connectivity index is 1.93. The van der Waals surface area contributed by atoms with E-state index in [4.69, 9.17) is 0 Å². The zero-order valence-corrected chi connectivity index (χ0v) is 12.6. The molecule has 1 unspecified atom stereocenters. The molecular weight excluding hydrogens is 254 g/mol. The van der Waals surface area contributed by atoms with E-state index in [1.165, 1.54) is 0 Å². The molecule has 0 radical (unpaired) electrons. The van der Waals surface area contributed by atoms with Gasteiger partial charge in [0, 0.05) is 12.0 Å². The standard InChI is InChI=1S/C14H25N5O/c1-4-19-10-17-18-12(19)9-16-13(20)14(2,3)11-6-5-7-15-8-11/h10-11,15H,4-9H2,1-3H3,(H,16,20). The van der Waals surface area contributed by atoms with Crippen LogP contribution < -0.4 is 10.6 Å². The number of nitrogens with zero attached hydrogens (tertiary/aromatic N) is 3. The van der Waals surface area contributed by atoms with Crippen LogP contribution in [-0.4, -0.2) is 33.8 Å². The first kappa shape index (κ1) is 15.0. The minimum atomic E-state index is -0.357. The Morgan fingerprint density at radius 1 is 1.60 bits per heavy atom. The van der Waals surface area contributed by atoms with Gasteiger partial charge in [-0.15, -0.1) is 10.2 Å². The van der Waals surface area contributed by atoms with Crippen molar-refractivity contribution in [3.63, 3.8) is 0 Å². The average Bonchev–Trinajstić information content (AvgIpc) is 2.93. The molecule has 1 atom stereocenters. The van der Waals surface area contributed by atoms with Crippen molar-refractivity contribution >= 4 is 5.91 Å². The van der Waals surface area contributed by atoms with E-state index in [1.54, 1.807) is 6.33 Å². The molecule has 1 aromatic heterocycles. The van der Waals surface area contributed by atoms with Gasteiger partial charge in [0.05, 0.1) is 6.54 Å². The Hall–Kier alpha value is -1.43. The summed E-state index contributed by atoms with van der Waals surface area (Å²) in [5, 5.41) is 14.3. The smallest absolute Gasteiger partial charge is 0.226 e. The maximum absolute atomic E-state index is 12.5. The second-order valence-corrected chi connectivity index (χ2v) is 5.98. The maximum atomic E-state index is 12.5. The summed E-state index contributed by atoms with van der Waals surface area (Å²) in [6.07, 6.45) is 3.95. The third-order valence-electron chi connectivity index (χ3n) is 4.35. The fourth-order valence-corrected chi connectivity index (χ4v) is 2.72. The van der Waals surface area contributed by atoms with Gasteiger partial charge in [-0.3, -0.25) is 4.79 Å². The number of nitrogens with one attached hydrogen (secondary N) is 2. The Kier molecular flexibility index (Phi) is 4.75. The maximum Gasteiger partial charge on any atom is 0.226 e. The molecule has 0 bridgehead atoms. The summed E-state index contributed by atoms with van der Waals surface area (Å²) < 4.78 is 1.94. The third-order valence-corrected chi connectivity index (χ3v) is 4.35. The monoisotopic (exact) mass is 279 g/mol. The Morgan fingerprint density at radius 2 is 2.40 bits per heavy atom. The highest BCUT2D eigenvalue weighted by molar-refractivity contribution is 5.82. The van der Waals surface area contributed by atoms with Gasteiger partial charge in [0.25, 0.3) is 0 Å². The second-order valence-electron chi connectivity index (χ2n) is 5.98. The summed E-state index contributed by atoms with van der Waals surface area (Å²) in [6.45, 7) is 9.34. The SMILES string of the molecule is CCn1cnnc1CNC(=O)C(C)(C)C1CCCNC1. The van der Waals surface area contributed by atoms with Crippen LogP contribution >= 0.6 is 0 Å². The normalized spacial score (nSPS) is 19.9. The van der Waals surface area contributed by atoms with Crippen molar-refractivity contribution in [3.8, 4) is 0 Å². The lowest BCUT2D eigenvalue weighted by Gasteiger charge is -2.36. The summed E-state index contributed by atoms with van der Waals surface area (Å²) in [5.41, 5.74) is -0.357. The molecule has 0 saturated carbocycles. The van der Waals surface area contributed by atoms with Crippen molar-refractivity contribution in [3.05, 3.63) is 12.2 Å². The summed E-state index contributed by atoms with van der Waals surface area (Å²) in [5.74, 6) is 1.29. The molecule has 0 aliphatic carbocycles. The molecule has 1 aromatic rings. The van der Waals surface area contributed by atoms with Crippen LogP contribution in [0.5, 0.6) is 0 Å². The van der Waals surface area contributed by atoms with E-state index >= 15 is 0 Å². The van der Waals surface area contributed by atoms with Gasteiger partial charge in [0.2, 0.25) is 5.91 Å². The van der Waals surface area contributed by atoms with E-state index in [9.17, 15) is 4.79 Å². The predicted octanol–water partition coefficient (Wildman–Crippen LogP) is 0.940. The highest BCUT2D eigenvalue weighted by Crippen LogP contribution is 2.31. The number of aryl methyl sites for hydroxylation is 1. The van der Waals surface area contributed by atoms with Crippen LogP contribution in [0.15, 0.2) is 6.33 Å². The average molecular weight is 279 g/mol. The summed E-state index contributed by atoms with van der Waals surface area (Å²) in [6, 6.07) is 0. The van der Waals surface area contributed by atoms with Gasteiger partial charge in [-0.2, -0.15) is 0 Å². The highest BCUT2D eigenvalue weighted by Gasteiger charge is 2.37. The molecule has 0 spiro atoms. The molecule has 2 heterocycles. The molecule has 6 heteroatoms. The lowest BCUT2D eigenvalue weighted by Crippen LogP contribution is -2.47. The van der Waals surface area contributed by atoms with Crippen LogP contribution in [0.25, 0.3) is 0 Å². The lowest BCUT2D eigenvalue weighted by molar-refractivity contribution is -0.132. The van der Waals surface area contributed by atoms with E-state index in [0.29, 0.717) is 12.5 Å². The van der Waals surface area contributed by atoms with Crippen molar-refractivity contribution in [1.82, 2.24) is 25.4 Å². The highest BCUT2D eigenvalue weighted by atomic mass is 16.2. The van der Waals surface area contributed by atoms with Crippen LogP contribution in [0.1, 0.15) is 39.4 Å². The minimum absolute atomic E-state index is 0.0943. The number of amides is 1. The van der Waals surface area contributed by atoms with Gasteiger partial charge in [-0.1, -0.05) is 13.8 Å². The van der Waals surface area contributed by atoms with Crippen LogP contribution in [0.4, 0.5) is 0 Å². The van der Waals surface area contributed by atoms with E-state index in [2.05, 4.69) is 20.8 Å². The Bertz CT molecular complexity index is 448. The number of hydrogen-bond acceptors (Lipinski definition) is 4. The van der Waals surface area contributed by atoms with Crippen LogP contribution in [-0.2, 0) is 17.9 Å². The van der Waals surface area contributed by atoms with Gasteiger partial charge >= 0.3 is 0 Å². The summed E-state index contributed by atoms with van der Waals surface area (Å²) in [7, 11) is 0. The van der Waals surface area contributed by atoms with Crippen molar-refractivity contribution in [2.75, 3.05) is 13.1 Å². The van der Waals surface area contributed by atoms with Crippen molar-refractivity contribution in [1.29, 1.82) is 0 Å². The summed E-state index contributed by atoms with van der Waals surface area (Å²) >= 11 is 0. The number of piperidine rings is 1. The number of carbonyl (C=O) groups excluding carboxylic acids is 1. The molecule has 1 aliphatic rings. The van der Waals surface area contributed by atoms with Gasteiger partial charge < -0.3 is 15.2 Å². The molecule has 1 amide bonds. The fourth-order valence-electron chi connectivity index (χ4n) is 2.72. The van der Waals surface area contributed by atoms with E-state index in [-0.39, 0.29) is 11.3 Å². The molecule has 1 saturated heterocycles. The van der Waals surface area contributed by atoms with Crippen molar-refractivity contribution < 1.29 is 4.79 Å². The zero-order valence-electron chi connectivity index (χ0n) is 12.6. The van der Waals surface area contributed by atoms with Crippen LogP contribution in [0, 0.1) is 11.3 Å². The number of rotatable bonds is 5. The molecular formula is C14H25N5O. The first-order chi connectivity index (χ1) is 9.55. The lowest BCUT2D eigenvalue weighted by atomic mass is 9.74. The molecule has 2 N–H and O–H groups in total. The van der Waals surface area contributed by atoms with E-state index in [1.807, 2.05) is 25.3 Å². The Labute approximate surface area is 120 Å². The largest absolute Gasteiger partial charge is 0.348 e. The van der Waals surface area contributed by atoms with Crippen molar-refractivity contribution in [2.45, 2.75) is 46.7 Å². The van der Waals surface area contributed by atoms with Gasteiger partial charge in [-0.25, -0.2) is 0 Å². The second kappa shape index (κ2) is 6.35. The molecule has 0 aromatic carbocycles. The number of hydrogen-bond donors (Lipinski definition) is 2. The minimum Gasteiger partial charge on any atom is -0.348 e. The van der Waals surface area contributed by atoms with Gasteiger partial charge in [-0.05, 0) is 38.8 Å². The molecule has 112 valence electrons. The topological polar surface area (TPSA) is 71.8 Å². The van der Waals surface area contributed by atoms with Gasteiger partial charge in [0.15, 0.2) is 5.82 Å². The predicted molar refractivity (Wildman–Crippen MR) is 76.9 cm³/mol. The van der Waals surface area contributed by atoms with Crippen LogP contribution in [0.2, 0.25) is 0 Å². The summed E-state index contributed by atoms with van der Waals surface area (Å²) in [4.78, 5) is 12.5. The molecule has 1 aliphatic heterocycles. The molecule has 20 heavy (non-hydrogen) atoms. The number of aromatic nitrogens is 3. The van der Waals surface area contributed by atoms with Crippen LogP contribution in [0.3, 0.4) is 0 Å². The van der Waals surface area contributed by atoms with Crippen molar-refractivity contribution in [2.24, 2.45) is 11.3 Å². The zero-order chi connectivity index (χ0) is 14.6. The first-order valence-corrected chi connectivity index (χ1v) is 7.41. The Morgan fingerprint density at radius 3 is 3.05 bits per heavy atom. The quantitative estimate of drug-likeness (QED) is 0.841. The molecule has 1 fully saturated rings. The first-order valence-electron chi connectivity index (χ1n) is 7.41.